The topological polar surface area (TPSA) is 93.7 Å². The van der Waals surface area contributed by atoms with Gasteiger partial charge in [0.25, 0.3) is 5.91 Å². The summed E-state index contributed by atoms with van der Waals surface area (Å²) in [5.41, 5.74) is 3.59. The summed E-state index contributed by atoms with van der Waals surface area (Å²) in [5, 5.41) is 8.04. The van der Waals surface area contributed by atoms with E-state index in [2.05, 4.69) is 31.6 Å². The normalized spacial score (nSPS) is 17.7. The van der Waals surface area contributed by atoms with Gasteiger partial charge in [-0.15, -0.1) is 0 Å². The smallest absolute Gasteiger partial charge is 0.263 e. The number of hydrogen-bond donors (Lipinski definition) is 2. The summed E-state index contributed by atoms with van der Waals surface area (Å²) in [6.07, 6.45) is 2.94. The van der Waals surface area contributed by atoms with Crippen LogP contribution in [0.2, 0.25) is 10.0 Å². The first kappa shape index (κ1) is 25.2. The van der Waals surface area contributed by atoms with Crippen LogP contribution in [-0.2, 0) is 4.79 Å². The van der Waals surface area contributed by atoms with Crippen LogP contribution in [0.1, 0.15) is 23.2 Å². The Morgan fingerprint density at radius 1 is 0.974 bits per heavy atom. The van der Waals surface area contributed by atoms with Gasteiger partial charge in [0.05, 0.1) is 38.5 Å². The molecule has 0 spiro atoms. The number of benzene rings is 2. The summed E-state index contributed by atoms with van der Waals surface area (Å²) >= 11 is 14.1. The molecule has 2 fully saturated rings. The first-order chi connectivity index (χ1) is 18.5. The summed E-state index contributed by atoms with van der Waals surface area (Å²) in [6.45, 7) is 4.30. The van der Waals surface area contributed by atoms with E-state index in [1.807, 2.05) is 17.0 Å². The molecule has 0 radical (unpaired) electrons. The summed E-state index contributed by atoms with van der Waals surface area (Å²) in [7, 11) is 0. The van der Waals surface area contributed by atoms with Crippen LogP contribution in [0.5, 0.6) is 0 Å². The molecule has 12 heteroatoms. The number of halogens is 2. The zero-order chi connectivity index (χ0) is 26.2. The molecule has 6 rings (SSSR count). The molecule has 38 heavy (non-hydrogen) atoms. The third-order valence-electron chi connectivity index (χ3n) is 6.82. The van der Waals surface area contributed by atoms with Crippen molar-refractivity contribution in [1.29, 1.82) is 0 Å². The van der Waals surface area contributed by atoms with Gasteiger partial charge in [0.2, 0.25) is 11.9 Å². The van der Waals surface area contributed by atoms with Gasteiger partial charge in [-0.25, -0.2) is 9.97 Å². The summed E-state index contributed by atoms with van der Waals surface area (Å²) in [5.74, 6) is 0.589. The van der Waals surface area contributed by atoms with Gasteiger partial charge in [0.1, 0.15) is 5.03 Å². The molecular formula is C26H25Cl2N7O2S. The molecule has 3 aliphatic heterocycles. The van der Waals surface area contributed by atoms with E-state index in [0.717, 1.165) is 49.7 Å². The summed E-state index contributed by atoms with van der Waals surface area (Å²) in [6, 6.07) is 11.2. The Bertz CT molecular complexity index is 1400. The second-order valence-corrected chi connectivity index (χ2v) is 11.0. The number of amides is 2. The van der Waals surface area contributed by atoms with Crippen molar-refractivity contribution in [2.45, 2.75) is 17.9 Å². The van der Waals surface area contributed by atoms with Crippen LogP contribution in [0, 0.1) is 0 Å². The fourth-order valence-electron chi connectivity index (χ4n) is 4.95. The van der Waals surface area contributed by atoms with Crippen molar-refractivity contribution in [2.24, 2.45) is 0 Å². The number of nitrogens with zero attached hydrogens (tertiary/aromatic N) is 5. The summed E-state index contributed by atoms with van der Waals surface area (Å²) < 4.78 is 0. The zero-order valence-electron chi connectivity index (χ0n) is 20.4. The Morgan fingerprint density at radius 3 is 2.50 bits per heavy atom. The quantitative estimate of drug-likeness (QED) is 0.424. The molecule has 4 heterocycles. The van der Waals surface area contributed by atoms with Crippen molar-refractivity contribution in [3.63, 3.8) is 0 Å². The minimum Gasteiger partial charge on any atom is -0.367 e. The molecule has 2 saturated heterocycles. The molecule has 1 aromatic heterocycles. The minimum atomic E-state index is -0.254. The number of aromatic nitrogens is 2. The SMILES string of the molecule is O=C1CCCN1c1cc(Nc2ncc3c(n2)SCN(c2c(Cl)cccc2Cl)C3=O)ccc1N1CCNCC1. The zero-order valence-corrected chi connectivity index (χ0v) is 22.7. The second-order valence-electron chi connectivity index (χ2n) is 9.20. The van der Waals surface area contributed by atoms with Gasteiger partial charge >= 0.3 is 0 Å². The number of carbonyl (C=O) groups excluding carboxylic acids is 2. The van der Waals surface area contributed by atoms with Crippen molar-refractivity contribution in [3.05, 3.63) is 58.2 Å². The third-order valence-corrected chi connectivity index (χ3v) is 8.40. The number of thioether (sulfide) groups is 1. The van der Waals surface area contributed by atoms with Gasteiger partial charge in [-0.3, -0.25) is 14.5 Å². The number of anilines is 5. The van der Waals surface area contributed by atoms with E-state index in [9.17, 15) is 9.59 Å². The largest absolute Gasteiger partial charge is 0.367 e. The molecule has 2 amide bonds. The maximum Gasteiger partial charge on any atom is 0.263 e. The molecular weight excluding hydrogens is 545 g/mol. The molecule has 0 atom stereocenters. The lowest BCUT2D eigenvalue weighted by Crippen LogP contribution is -2.44. The van der Waals surface area contributed by atoms with E-state index >= 15 is 0 Å². The first-order valence-electron chi connectivity index (χ1n) is 12.4. The molecule has 0 unspecified atom stereocenters. The maximum atomic E-state index is 13.2. The van der Waals surface area contributed by atoms with Crippen LogP contribution in [-0.4, -0.2) is 60.4 Å². The lowest BCUT2D eigenvalue weighted by atomic mass is 10.1. The third kappa shape index (κ3) is 4.77. The highest BCUT2D eigenvalue weighted by Crippen LogP contribution is 2.40. The highest BCUT2D eigenvalue weighted by molar-refractivity contribution is 7.99. The Labute approximate surface area is 234 Å². The van der Waals surface area contributed by atoms with Gasteiger partial charge in [-0.2, -0.15) is 0 Å². The Hall–Kier alpha value is -3.05. The molecule has 2 aromatic carbocycles. The van der Waals surface area contributed by atoms with E-state index in [1.54, 1.807) is 23.1 Å². The first-order valence-corrected chi connectivity index (χ1v) is 14.2. The van der Waals surface area contributed by atoms with E-state index in [-0.39, 0.29) is 11.8 Å². The molecule has 196 valence electrons. The molecule has 2 N–H and O–H groups in total. The second kappa shape index (κ2) is 10.6. The molecule has 0 bridgehead atoms. The predicted molar refractivity (Wildman–Crippen MR) is 152 cm³/mol. The van der Waals surface area contributed by atoms with Crippen LogP contribution in [0.3, 0.4) is 0 Å². The molecule has 3 aromatic rings. The lowest BCUT2D eigenvalue weighted by molar-refractivity contribution is -0.117. The number of rotatable bonds is 5. The number of nitrogens with one attached hydrogen (secondary N) is 2. The minimum absolute atomic E-state index is 0.140. The molecule has 0 saturated carbocycles. The van der Waals surface area contributed by atoms with Gasteiger partial charge in [-0.1, -0.05) is 41.0 Å². The van der Waals surface area contributed by atoms with Crippen LogP contribution in [0.25, 0.3) is 0 Å². The van der Waals surface area contributed by atoms with Gasteiger partial charge in [0.15, 0.2) is 0 Å². The molecule has 3 aliphatic rings. The maximum absolute atomic E-state index is 13.2. The summed E-state index contributed by atoms with van der Waals surface area (Å²) in [4.78, 5) is 40.7. The average molecular weight is 571 g/mol. The van der Waals surface area contributed by atoms with Crippen molar-refractivity contribution in [2.75, 3.05) is 58.6 Å². The Morgan fingerprint density at radius 2 is 1.76 bits per heavy atom. The van der Waals surface area contributed by atoms with Crippen LogP contribution < -0.4 is 25.3 Å². The highest BCUT2D eigenvalue weighted by Gasteiger charge is 2.31. The number of hydrogen-bond acceptors (Lipinski definition) is 8. The molecule has 9 nitrogen and oxygen atoms in total. The Kier molecular flexibility index (Phi) is 7.05. The number of carbonyl (C=O) groups is 2. The van der Waals surface area contributed by atoms with E-state index in [4.69, 9.17) is 23.2 Å². The monoisotopic (exact) mass is 569 g/mol. The van der Waals surface area contributed by atoms with Crippen LogP contribution in [0.15, 0.2) is 47.6 Å². The number of piperazine rings is 1. The van der Waals surface area contributed by atoms with E-state index in [0.29, 0.717) is 51.1 Å². The van der Waals surface area contributed by atoms with Crippen molar-refractivity contribution in [3.8, 4) is 0 Å². The number of para-hydroxylation sites is 1. The average Bonchev–Trinajstić information content (AvgIpc) is 3.36. The Balaban J connectivity index is 1.26. The van der Waals surface area contributed by atoms with Crippen molar-refractivity contribution in [1.82, 2.24) is 15.3 Å². The van der Waals surface area contributed by atoms with Crippen LogP contribution in [0.4, 0.5) is 28.7 Å². The van der Waals surface area contributed by atoms with Gasteiger partial charge in [0, 0.05) is 51.0 Å². The predicted octanol–water partition coefficient (Wildman–Crippen LogP) is 4.77. The van der Waals surface area contributed by atoms with E-state index in [1.165, 1.54) is 18.0 Å². The van der Waals surface area contributed by atoms with Crippen molar-refractivity contribution >= 4 is 75.5 Å². The van der Waals surface area contributed by atoms with Crippen molar-refractivity contribution < 1.29 is 9.59 Å². The fraction of sp³-hybridized carbons (Fsp3) is 0.308. The fourth-order valence-corrected chi connectivity index (χ4v) is 6.49. The van der Waals surface area contributed by atoms with Crippen LogP contribution >= 0.6 is 35.0 Å². The standard InChI is InChI=1S/C26H25Cl2N7O2S/c27-18-3-1-4-19(28)23(18)35-15-38-24-17(25(35)37)14-30-26(32-24)31-16-6-7-20(33-11-8-29-9-12-33)21(13-16)34-10-2-5-22(34)36/h1,3-4,6-7,13-14,29H,2,5,8-12,15H2,(H,30,31,32). The highest BCUT2D eigenvalue weighted by atomic mass is 35.5. The lowest BCUT2D eigenvalue weighted by Gasteiger charge is -2.33. The van der Waals surface area contributed by atoms with Gasteiger partial charge in [-0.05, 0) is 36.8 Å². The molecule has 0 aliphatic carbocycles. The van der Waals surface area contributed by atoms with Gasteiger partial charge < -0.3 is 20.4 Å². The number of fused-ring (bicyclic) bond motifs is 1. The van der Waals surface area contributed by atoms with E-state index < -0.39 is 0 Å².